The number of fused-ring (bicyclic) bond motifs is 1. The summed E-state index contributed by atoms with van der Waals surface area (Å²) in [5, 5.41) is 0. The van der Waals surface area contributed by atoms with Crippen LogP contribution in [0.3, 0.4) is 0 Å². The lowest BCUT2D eigenvalue weighted by atomic mass is 9.74. The predicted octanol–water partition coefficient (Wildman–Crippen LogP) is 4.91. The van der Waals surface area contributed by atoms with Gasteiger partial charge < -0.3 is 10.3 Å². The van der Waals surface area contributed by atoms with Crippen LogP contribution in [-0.2, 0) is 6.42 Å². The summed E-state index contributed by atoms with van der Waals surface area (Å²) in [6.07, 6.45) is 9.19. The van der Waals surface area contributed by atoms with E-state index in [1.807, 2.05) is 0 Å². The van der Waals surface area contributed by atoms with E-state index in [1.54, 1.807) is 5.69 Å². The number of hydrogen-bond donors (Lipinski definition) is 1. The van der Waals surface area contributed by atoms with Crippen LogP contribution in [0.25, 0.3) is 0 Å². The first-order chi connectivity index (χ1) is 9.91. The number of aryl methyl sites for hydroxylation is 1. The van der Waals surface area contributed by atoms with Gasteiger partial charge in [-0.3, -0.25) is 0 Å². The standard InChI is InChI=1S/C19H32N2/c1-5-14-6-8-15(9-7-14)21-13(2)10-16-17(20)11-19(3,4)12-18(16)21/h10,14-15,17H,5-9,11-12,20H2,1-4H3. The highest BCUT2D eigenvalue weighted by atomic mass is 15.0. The minimum Gasteiger partial charge on any atom is -0.346 e. The molecule has 21 heavy (non-hydrogen) atoms. The molecule has 0 aromatic carbocycles. The van der Waals surface area contributed by atoms with Crippen LogP contribution >= 0.6 is 0 Å². The smallest absolute Gasteiger partial charge is 0.0336 e. The Hall–Kier alpha value is -0.760. The fourth-order valence-electron chi connectivity index (χ4n) is 4.79. The van der Waals surface area contributed by atoms with Crippen LogP contribution in [0.15, 0.2) is 6.07 Å². The second-order valence-corrected chi connectivity index (χ2v) is 8.29. The highest BCUT2D eigenvalue weighted by Crippen LogP contribution is 2.44. The van der Waals surface area contributed by atoms with Crippen molar-refractivity contribution in [2.45, 2.75) is 84.7 Å². The Morgan fingerprint density at radius 2 is 1.90 bits per heavy atom. The first-order valence-electron chi connectivity index (χ1n) is 8.87. The molecule has 1 heterocycles. The minimum absolute atomic E-state index is 0.232. The van der Waals surface area contributed by atoms with E-state index in [2.05, 4.69) is 38.3 Å². The molecule has 118 valence electrons. The van der Waals surface area contributed by atoms with Crippen LogP contribution < -0.4 is 5.73 Å². The molecule has 1 atom stereocenters. The van der Waals surface area contributed by atoms with Gasteiger partial charge in [0.2, 0.25) is 0 Å². The third-order valence-corrected chi connectivity index (χ3v) is 5.95. The van der Waals surface area contributed by atoms with Crippen molar-refractivity contribution in [1.82, 2.24) is 4.57 Å². The van der Waals surface area contributed by atoms with Crippen molar-refractivity contribution in [3.8, 4) is 0 Å². The summed E-state index contributed by atoms with van der Waals surface area (Å²) < 4.78 is 2.67. The lowest BCUT2D eigenvalue weighted by Crippen LogP contribution is -2.31. The van der Waals surface area contributed by atoms with Crippen molar-refractivity contribution in [1.29, 1.82) is 0 Å². The molecule has 0 radical (unpaired) electrons. The van der Waals surface area contributed by atoms with Crippen molar-refractivity contribution in [2.24, 2.45) is 17.1 Å². The van der Waals surface area contributed by atoms with E-state index in [1.165, 1.54) is 49.8 Å². The van der Waals surface area contributed by atoms with Crippen molar-refractivity contribution in [2.75, 3.05) is 0 Å². The largest absolute Gasteiger partial charge is 0.346 e. The summed E-state index contributed by atoms with van der Waals surface area (Å²) in [5.41, 5.74) is 11.2. The van der Waals surface area contributed by atoms with Crippen LogP contribution in [0.2, 0.25) is 0 Å². The van der Waals surface area contributed by atoms with Gasteiger partial charge in [-0.1, -0.05) is 27.2 Å². The number of rotatable bonds is 2. The molecule has 1 aromatic rings. The van der Waals surface area contributed by atoms with Gasteiger partial charge in [0, 0.05) is 23.5 Å². The Labute approximate surface area is 130 Å². The average molecular weight is 288 g/mol. The van der Waals surface area contributed by atoms with Crippen LogP contribution in [0.1, 0.15) is 88.3 Å². The van der Waals surface area contributed by atoms with Gasteiger partial charge in [-0.2, -0.15) is 0 Å². The van der Waals surface area contributed by atoms with Crippen LogP contribution in [-0.4, -0.2) is 4.57 Å². The van der Waals surface area contributed by atoms with E-state index in [9.17, 15) is 0 Å². The second-order valence-electron chi connectivity index (χ2n) is 8.29. The Bertz CT molecular complexity index is 504. The fourth-order valence-corrected chi connectivity index (χ4v) is 4.79. The maximum Gasteiger partial charge on any atom is 0.0336 e. The third kappa shape index (κ3) is 2.79. The van der Waals surface area contributed by atoms with Gasteiger partial charge in [0.05, 0.1) is 0 Å². The lowest BCUT2D eigenvalue weighted by Gasteiger charge is -2.37. The molecule has 0 spiro atoms. The molecule has 2 nitrogen and oxygen atoms in total. The zero-order valence-electron chi connectivity index (χ0n) is 14.3. The first kappa shape index (κ1) is 15.1. The van der Waals surface area contributed by atoms with Gasteiger partial charge in [0.25, 0.3) is 0 Å². The van der Waals surface area contributed by atoms with E-state index in [0.29, 0.717) is 5.41 Å². The molecule has 1 saturated carbocycles. The Kier molecular flexibility index (Phi) is 3.94. The zero-order valence-corrected chi connectivity index (χ0v) is 14.3. The van der Waals surface area contributed by atoms with Crippen LogP contribution in [0.4, 0.5) is 0 Å². The fraction of sp³-hybridized carbons (Fsp3) is 0.789. The Balaban J connectivity index is 1.90. The first-order valence-corrected chi connectivity index (χ1v) is 8.87. The zero-order chi connectivity index (χ0) is 15.2. The second kappa shape index (κ2) is 5.46. The predicted molar refractivity (Wildman–Crippen MR) is 89.5 cm³/mol. The topological polar surface area (TPSA) is 30.9 Å². The molecule has 2 N–H and O–H groups in total. The Morgan fingerprint density at radius 1 is 1.24 bits per heavy atom. The van der Waals surface area contributed by atoms with Crippen LogP contribution in [0, 0.1) is 18.3 Å². The maximum atomic E-state index is 6.46. The van der Waals surface area contributed by atoms with Crippen LogP contribution in [0.5, 0.6) is 0 Å². The summed E-state index contributed by atoms with van der Waals surface area (Å²) in [5.74, 6) is 0.964. The quantitative estimate of drug-likeness (QED) is 0.823. The lowest BCUT2D eigenvalue weighted by molar-refractivity contribution is 0.241. The highest BCUT2D eigenvalue weighted by molar-refractivity contribution is 5.34. The van der Waals surface area contributed by atoms with Gasteiger partial charge >= 0.3 is 0 Å². The van der Waals surface area contributed by atoms with E-state index in [-0.39, 0.29) is 6.04 Å². The molecular weight excluding hydrogens is 256 g/mol. The molecule has 2 aliphatic rings. The SMILES string of the molecule is CCC1CCC(n2c(C)cc3c2CC(C)(C)CC3N)CC1. The van der Waals surface area contributed by atoms with E-state index in [4.69, 9.17) is 5.73 Å². The number of aromatic nitrogens is 1. The normalized spacial score (nSPS) is 32.0. The summed E-state index contributed by atoms with van der Waals surface area (Å²) in [6.45, 7) is 9.37. The van der Waals surface area contributed by atoms with Gasteiger partial charge in [0.1, 0.15) is 0 Å². The molecule has 0 amide bonds. The molecule has 0 bridgehead atoms. The Morgan fingerprint density at radius 3 is 2.52 bits per heavy atom. The van der Waals surface area contributed by atoms with Gasteiger partial charge in [-0.05, 0) is 68.4 Å². The summed E-state index contributed by atoms with van der Waals surface area (Å²) in [7, 11) is 0. The van der Waals surface area contributed by atoms with E-state index < -0.39 is 0 Å². The highest BCUT2D eigenvalue weighted by Gasteiger charge is 2.35. The van der Waals surface area contributed by atoms with Crippen molar-refractivity contribution < 1.29 is 0 Å². The summed E-state index contributed by atoms with van der Waals surface area (Å²) >= 11 is 0. The van der Waals surface area contributed by atoms with E-state index >= 15 is 0 Å². The van der Waals surface area contributed by atoms with Crippen molar-refractivity contribution in [3.63, 3.8) is 0 Å². The molecule has 0 saturated heterocycles. The molecule has 3 rings (SSSR count). The molecule has 1 fully saturated rings. The molecule has 1 unspecified atom stereocenters. The number of hydrogen-bond acceptors (Lipinski definition) is 1. The average Bonchev–Trinajstić information content (AvgIpc) is 2.74. The molecule has 2 heteroatoms. The molecule has 0 aliphatic heterocycles. The molecular formula is C19H32N2. The minimum atomic E-state index is 0.232. The summed E-state index contributed by atoms with van der Waals surface area (Å²) in [6, 6.07) is 3.33. The molecule has 2 aliphatic carbocycles. The van der Waals surface area contributed by atoms with Crippen molar-refractivity contribution in [3.05, 3.63) is 23.0 Å². The summed E-state index contributed by atoms with van der Waals surface area (Å²) in [4.78, 5) is 0. The number of nitrogens with two attached hydrogens (primary N) is 1. The monoisotopic (exact) mass is 288 g/mol. The third-order valence-electron chi connectivity index (χ3n) is 5.95. The van der Waals surface area contributed by atoms with Gasteiger partial charge in [0.15, 0.2) is 0 Å². The van der Waals surface area contributed by atoms with Gasteiger partial charge in [-0.15, -0.1) is 0 Å². The molecule has 1 aromatic heterocycles. The maximum absolute atomic E-state index is 6.46. The van der Waals surface area contributed by atoms with Crippen molar-refractivity contribution >= 4 is 0 Å². The van der Waals surface area contributed by atoms with E-state index in [0.717, 1.165) is 18.4 Å². The van der Waals surface area contributed by atoms with Gasteiger partial charge in [-0.25, -0.2) is 0 Å². The number of nitrogens with zero attached hydrogens (tertiary/aromatic N) is 1.